The van der Waals surface area contributed by atoms with E-state index in [1.54, 1.807) is 25.1 Å². The highest BCUT2D eigenvalue weighted by molar-refractivity contribution is 9.10. The molecule has 142 valence electrons. The number of rotatable bonds is 3. The third-order valence-electron chi connectivity index (χ3n) is 3.66. The van der Waals surface area contributed by atoms with Crippen molar-refractivity contribution in [2.45, 2.75) is 19.6 Å². The van der Waals surface area contributed by atoms with E-state index in [0.717, 1.165) is 26.8 Å². The maximum Gasteiger partial charge on any atom is 0.435 e. The zero-order valence-corrected chi connectivity index (χ0v) is 15.3. The number of aromatic nitrogens is 2. The van der Waals surface area contributed by atoms with E-state index in [2.05, 4.69) is 31.9 Å². The van der Waals surface area contributed by atoms with E-state index >= 15 is 0 Å². The topological polar surface area (TPSA) is 89.2 Å². The third-order valence-corrected chi connectivity index (χ3v) is 4.15. The average Bonchev–Trinajstić information content (AvgIpc) is 3.18. The molecule has 0 radical (unpaired) electrons. The van der Waals surface area contributed by atoms with Crippen molar-refractivity contribution in [1.29, 1.82) is 0 Å². The summed E-state index contributed by atoms with van der Waals surface area (Å²) in [6.07, 6.45) is -3.57. The van der Waals surface area contributed by atoms with Crippen molar-refractivity contribution in [1.82, 2.24) is 20.6 Å². The summed E-state index contributed by atoms with van der Waals surface area (Å²) in [7, 11) is 0. The number of hydrogen-bond acceptors (Lipinski definition) is 4. The number of aryl methyl sites for hydroxylation is 1. The van der Waals surface area contributed by atoms with Gasteiger partial charge in [-0.05, 0) is 31.2 Å². The molecule has 3 rings (SSSR count). The Balaban J connectivity index is 1.63. The third kappa shape index (κ3) is 4.13. The van der Waals surface area contributed by atoms with Crippen molar-refractivity contribution in [2.75, 3.05) is 0 Å². The van der Waals surface area contributed by atoms with Crippen LogP contribution in [0.3, 0.4) is 0 Å². The molecule has 3 aromatic rings. The van der Waals surface area contributed by atoms with Crippen LogP contribution >= 0.6 is 15.9 Å². The van der Waals surface area contributed by atoms with E-state index in [9.17, 15) is 22.8 Å². The second-order valence-electron chi connectivity index (χ2n) is 5.60. The Labute approximate surface area is 158 Å². The lowest BCUT2D eigenvalue weighted by molar-refractivity contribution is -0.141. The van der Waals surface area contributed by atoms with Crippen LogP contribution in [0.5, 0.6) is 0 Å². The molecule has 0 aliphatic rings. The van der Waals surface area contributed by atoms with Gasteiger partial charge in [-0.2, -0.15) is 18.3 Å². The largest absolute Gasteiger partial charge is 0.451 e. The Bertz CT molecular complexity index is 1030. The SMILES string of the molecule is Cc1c(C(=O)NNC(=O)Cn2ccc(C(F)(F)F)n2)oc2ccc(Br)cc12. The highest BCUT2D eigenvalue weighted by atomic mass is 79.9. The van der Waals surface area contributed by atoms with Crippen molar-refractivity contribution in [2.24, 2.45) is 0 Å². The molecular formula is C16H12BrF3N4O3. The van der Waals surface area contributed by atoms with E-state index in [0.29, 0.717) is 11.1 Å². The number of hydrazine groups is 1. The van der Waals surface area contributed by atoms with Gasteiger partial charge in [0, 0.05) is 21.6 Å². The van der Waals surface area contributed by atoms with Crippen molar-refractivity contribution < 1.29 is 27.2 Å². The molecule has 2 heterocycles. The minimum atomic E-state index is -4.59. The number of nitrogens with one attached hydrogen (secondary N) is 2. The molecule has 0 atom stereocenters. The summed E-state index contributed by atoms with van der Waals surface area (Å²) in [4.78, 5) is 24.0. The highest BCUT2D eigenvalue weighted by Crippen LogP contribution is 2.28. The number of furan rings is 1. The Hall–Kier alpha value is -2.82. The van der Waals surface area contributed by atoms with Gasteiger partial charge in [-0.25, -0.2) is 0 Å². The number of carbonyl (C=O) groups excluding carboxylic acids is 2. The summed E-state index contributed by atoms with van der Waals surface area (Å²) < 4.78 is 44.6. The summed E-state index contributed by atoms with van der Waals surface area (Å²) in [6, 6.07) is 5.99. The number of halogens is 4. The van der Waals surface area contributed by atoms with Crippen LogP contribution in [0.1, 0.15) is 21.8 Å². The second kappa shape index (κ2) is 7.06. The van der Waals surface area contributed by atoms with Crippen LogP contribution in [0.25, 0.3) is 11.0 Å². The fourth-order valence-corrected chi connectivity index (χ4v) is 2.74. The number of carbonyl (C=O) groups is 2. The van der Waals surface area contributed by atoms with Crippen LogP contribution in [0.15, 0.2) is 39.4 Å². The number of fused-ring (bicyclic) bond motifs is 1. The van der Waals surface area contributed by atoms with Crippen LogP contribution in [-0.4, -0.2) is 21.6 Å². The molecule has 0 saturated heterocycles. The van der Waals surface area contributed by atoms with Gasteiger partial charge >= 0.3 is 12.1 Å². The molecule has 0 aliphatic heterocycles. The first-order chi connectivity index (χ1) is 12.6. The molecular weight excluding hydrogens is 433 g/mol. The van der Waals surface area contributed by atoms with Gasteiger partial charge in [-0.15, -0.1) is 0 Å². The monoisotopic (exact) mass is 444 g/mol. The van der Waals surface area contributed by atoms with Crippen LogP contribution in [0.4, 0.5) is 13.2 Å². The normalized spacial score (nSPS) is 11.6. The molecule has 2 amide bonds. The van der Waals surface area contributed by atoms with Crippen LogP contribution in [0, 0.1) is 6.92 Å². The number of alkyl halides is 3. The van der Waals surface area contributed by atoms with Crippen LogP contribution in [0.2, 0.25) is 0 Å². The lowest BCUT2D eigenvalue weighted by Crippen LogP contribution is -2.43. The standard InChI is InChI=1S/C16H12BrF3N4O3/c1-8-10-6-9(17)2-3-11(10)27-14(8)15(26)22-21-13(25)7-24-5-4-12(23-24)16(18,19)20/h2-6H,7H2,1H3,(H,21,25)(H,22,26). The zero-order valence-electron chi connectivity index (χ0n) is 13.7. The Morgan fingerprint density at radius 1 is 1.26 bits per heavy atom. The number of benzene rings is 1. The van der Waals surface area contributed by atoms with Crippen LogP contribution < -0.4 is 10.9 Å². The number of amides is 2. The number of hydrogen-bond donors (Lipinski definition) is 2. The lowest BCUT2D eigenvalue weighted by atomic mass is 10.1. The summed E-state index contributed by atoms with van der Waals surface area (Å²) in [5, 5.41) is 3.99. The van der Waals surface area contributed by atoms with Gasteiger partial charge < -0.3 is 4.42 Å². The van der Waals surface area contributed by atoms with Crippen LogP contribution in [-0.2, 0) is 17.5 Å². The summed E-state index contributed by atoms with van der Waals surface area (Å²) in [5.74, 6) is -1.43. The van der Waals surface area contributed by atoms with E-state index in [4.69, 9.17) is 4.42 Å². The minimum Gasteiger partial charge on any atom is -0.451 e. The van der Waals surface area contributed by atoms with Crippen molar-refractivity contribution in [3.05, 3.63) is 52.0 Å². The minimum absolute atomic E-state index is 0.0156. The van der Waals surface area contributed by atoms with E-state index in [1.807, 2.05) is 0 Å². The van der Waals surface area contributed by atoms with Gasteiger partial charge in [0.15, 0.2) is 11.5 Å². The Kier molecular flexibility index (Phi) is 4.96. The predicted molar refractivity (Wildman–Crippen MR) is 91.5 cm³/mol. The van der Waals surface area contributed by atoms with Gasteiger partial charge in [-0.1, -0.05) is 15.9 Å². The molecule has 0 saturated carbocycles. The molecule has 0 fully saturated rings. The predicted octanol–water partition coefficient (Wildman–Crippen LogP) is 3.18. The van der Waals surface area contributed by atoms with Crippen molar-refractivity contribution in [3.63, 3.8) is 0 Å². The van der Waals surface area contributed by atoms with Crippen molar-refractivity contribution >= 4 is 38.7 Å². The molecule has 2 N–H and O–H groups in total. The van der Waals surface area contributed by atoms with E-state index in [-0.39, 0.29) is 5.76 Å². The first-order valence-electron chi connectivity index (χ1n) is 7.53. The molecule has 0 spiro atoms. The highest BCUT2D eigenvalue weighted by Gasteiger charge is 2.33. The number of nitrogens with zero attached hydrogens (tertiary/aromatic N) is 2. The molecule has 0 aliphatic carbocycles. The molecule has 7 nitrogen and oxygen atoms in total. The summed E-state index contributed by atoms with van der Waals surface area (Å²) in [6.45, 7) is 1.19. The summed E-state index contributed by atoms with van der Waals surface area (Å²) >= 11 is 3.33. The lowest BCUT2D eigenvalue weighted by Gasteiger charge is -2.07. The summed E-state index contributed by atoms with van der Waals surface area (Å²) in [5.41, 5.74) is 4.25. The maximum absolute atomic E-state index is 12.5. The van der Waals surface area contributed by atoms with E-state index < -0.39 is 30.2 Å². The smallest absolute Gasteiger partial charge is 0.435 e. The Morgan fingerprint density at radius 2 is 2.00 bits per heavy atom. The first kappa shape index (κ1) is 19.0. The molecule has 0 unspecified atom stereocenters. The molecule has 11 heteroatoms. The fraction of sp³-hybridized carbons (Fsp3) is 0.188. The second-order valence-corrected chi connectivity index (χ2v) is 6.51. The van der Waals surface area contributed by atoms with Gasteiger partial charge in [0.1, 0.15) is 12.1 Å². The molecule has 2 aromatic heterocycles. The molecule has 0 bridgehead atoms. The quantitative estimate of drug-likeness (QED) is 0.607. The molecule has 27 heavy (non-hydrogen) atoms. The van der Waals surface area contributed by atoms with E-state index in [1.165, 1.54) is 0 Å². The van der Waals surface area contributed by atoms with Gasteiger partial charge in [0.25, 0.3) is 5.91 Å². The fourth-order valence-electron chi connectivity index (χ4n) is 2.38. The zero-order chi connectivity index (χ0) is 19.8. The van der Waals surface area contributed by atoms with Gasteiger partial charge in [0.05, 0.1) is 0 Å². The first-order valence-corrected chi connectivity index (χ1v) is 8.33. The average molecular weight is 445 g/mol. The maximum atomic E-state index is 12.5. The molecule has 1 aromatic carbocycles. The van der Waals surface area contributed by atoms with Crippen molar-refractivity contribution in [3.8, 4) is 0 Å². The van der Waals surface area contributed by atoms with Gasteiger partial charge in [-0.3, -0.25) is 25.1 Å². The Morgan fingerprint density at radius 3 is 2.67 bits per heavy atom. The van der Waals surface area contributed by atoms with Gasteiger partial charge in [0.2, 0.25) is 0 Å².